The van der Waals surface area contributed by atoms with Gasteiger partial charge in [0, 0.05) is 0 Å². The van der Waals surface area contributed by atoms with Crippen molar-refractivity contribution in [2.24, 2.45) is 11.8 Å². The third kappa shape index (κ3) is 94.5. The highest BCUT2D eigenvalue weighted by atomic mass is 17.0. The van der Waals surface area contributed by atoms with Gasteiger partial charge in [0.1, 0.15) is 0 Å². The van der Waals surface area contributed by atoms with Crippen molar-refractivity contribution in [3.63, 3.8) is 0 Å². The van der Waals surface area contributed by atoms with E-state index in [-0.39, 0.29) is 0 Å². The molecule has 2 unspecified atom stereocenters. The summed E-state index contributed by atoms with van der Waals surface area (Å²) in [6.45, 7) is 13.7. The zero-order valence-electron chi connectivity index (χ0n) is 17.3. The summed E-state index contributed by atoms with van der Waals surface area (Å²) < 4.78 is 0. The van der Waals surface area contributed by atoms with E-state index in [4.69, 9.17) is 40.5 Å². The van der Waals surface area contributed by atoms with Crippen LogP contribution >= 0.6 is 0 Å². The molecular weight excluding hydrogens is 344 g/mol. The molecule has 8 heteroatoms. The SMILES string of the molecule is CCCCC(C)CC.CCCCC(C)CC.O=C(O)O.O=C(O)O.OO. The van der Waals surface area contributed by atoms with Gasteiger partial charge in [0.05, 0.1) is 0 Å². The molecule has 2 atom stereocenters. The molecule has 26 heavy (non-hydrogen) atoms. The summed E-state index contributed by atoms with van der Waals surface area (Å²) in [5.74, 6) is 1.91. The van der Waals surface area contributed by atoms with Gasteiger partial charge in [-0.1, -0.05) is 92.9 Å². The van der Waals surface area contributed by atoms with Crippen LogP contribution in [0.4, 0.5) is 9.59 Å². The molecule has 0 bridgehead atoms. The molecule has 0 fully saturated rings. The van der Waals surface area contributed by atoms with Crippen molar-refractivity contribution in [2.45, 2.75) is 92.9 Å². The molecule has 0 amide bonds. The highest BCUT2D eigenvalue weighted by Gasteiger charge is 1.95. The molecule has 0 aromatic heterocycles. The van der Waals surface area contributed by atoms with Crippen LogP contribution in [0.1, 0.15) is 92.9 Å². The lowest BCUT2D eigenvalue weighted by molar-refractivity contribution is -0.176. The van der Waals surface area contributed by atoms with E-state index in [1.165, 1.54) is 51.4 Å². The molecule has 0 rings (SSSR count). The molecule has 162 valence electrons. The van der Waals surface area contributed by atoms with Gasteiger partial charge >= 0.3 is 12.3 Å². The Labute approximate surface area is 158 Å². The molecule has 0 aliphatic heterocycles. The normalized spacial score (nSPS) is 10.6. The smallest absolute Gasteiger partial charge is 0.450 e. The van der Waals surface area contributed by atoms with Gasteiger partial charge in [0.25, 0.3) is 0 Å². The quantitative estimate of drug-likeness (QED) is 0.194. The van der Waals surface area contributed by atoms with Crippen LogP contribution in [0.15, 0.2) is 0 Å². The maximum Gasteiger partial charge on any atom is 0.503 e. The van der Waals surface area contributed by atoms with Crippen LogP contribution in [0.25, 0.3) is 0 Å². The average molecular weight is 387 g/mol. The molecule has 0 aliphatic rings. The van der Waals surface area contributed by atoms with E-state index in [1.807, 2.05) is 0 Å². The van der Waals surface area contributed by atoms with E-state index < -0.39 is 12.3 Å². The summed E-state index contributed by atoms with van der Waals surface area (Å²) in [5, 5.41) is 39.9. The number of unbranched alkanes of at least 4 members (excludes halogenated alkanes) is 2. The van der Waals surface area contributed by atoms with Crippen molar-refractivity contribution in [3.8, 4) is 0 Å². The molecule has 0 saturated carbocycles. The summed E-state index contributed by atoms with van der Waals surface area (Å²) in [6.07, 6.45) is 7.40. The maximum atomic E-state index is 8.56. The van der Waals surface area contributed by atoms with Gasteiger partial charge < -0.3 is 20.4 Å². The van der Waals surface area contributed by atoms with Crippen LogP contribution in [-0.2, 0) is 0 Å². The Kier molecular flexibility index (Phi) is 47.5. The summed E-state index contributed by atoms with van der Waals surface area (Å²) in [4.78, 5) is 17.1. The minimum atomic E-state index is -1.83. The minimum absolute atomic E-state index is 0.954. The molecule has 8 nitrogen and oxygen atoms in total. The number of rotatable bonds is 8. The van der Waals surface area contributed by atoms with Crippen molar-refractivity contribution >= 4 is 12.3 Å². The van der Waals surface area contributed by atoms with Crippen LogP contribution in [-0.4, -0.2) is 43.3 Å². The Morgan fingerprint density at radius 1 is 0.654 bits per heavy atom. The molecular formula is C18H42O8. The Morgan fingerprint density at radius 2 is 0.846 bits per heavy atom. The molecule has 0 radical (unpaired) electrons. The van der Waals surface area contributed by atoms with Crippen LogP contribution in [0.3, 0.4) is 0 Å². The first-order valence-electron chi connectivity index (χ1n) is 9.12. The average Bonchev–Trinajstić information content (AvgIpc) is 2.58. The summed E-state index contributed by atoms with van der Waals surface area (Å²) in [5.41, 5.74) is 0. The van der Waals surface area contributed by atoms with Crippen molar-refractivity contribution in [1.29, 1.82) is 0 Å². The zero-order chi connectivity index (χ0) is 22.0. The van der Waals surface area contributed by atoms with Gasteiger partial charge in [0.15, 0.2) is 0 Å². The third-order valence-corrected chi connectivity index (χ3v) is 3.49. The predicted molar refractivity (Wildman–Crippen MR) is 105 cm³/mol. The van der Waals surface area contributed by atoms with Crippen molar-refractivity contribution in [1.82, 2.24) is 0 Å². The summed E-state index contributed by atoms with van der Waals surface area (Å²) in [6, 6.07) is 0. The Hall–Kier alpha value is -1.54. The zero-order valence-corrected chi connectivity index (χ0v) is 17.3. The second-order valence-electron chi connectivity index (χ2n) is 5.88. The van der Waals surface area contributed by atoms with Crippen LogP contribution < -0.4 is 0 Å². The molecule has 0 spiro atoms. The lowest BCUT2D eigenvalue weighted by Gasteiger charge is -2.04. The first kappa shape index (κ1) is 35.5. The lowest BCUT2D eigenvalue weighted by atomic mass is 10.0. The van der Waals surface area contributed by atoms with E-state index in [0.717, 1.165) is 11.8 Å². The second-order valence-corrected chi connectivity index (χ2v) is 5.88. The van der Waals surface area contributed by atoms with E-state index in [1.54, 1.807) is 0 Å². The van der Waals surface area contributed by atoms with E-state index in [9.17, 15) is 0 Å². The summed E-state index contributed by atoms with van der Waals surface area (Å²) >= 11 is 0. The molecule has 0 aliphatic carbocycles. The first-order valence-corrected chi connectivity index (χ1v) is 9.12. The van der Waals surface area contributed by atoms with Gasteiger partial charge in [0.2, 0.25) is 0 Å². The van der Waals surface area contributed by atoms with Gasteiger partial charge in [-0.05, 0) is 11.8 Å². The molecule has 0 aromatic rings. The first-order chi connectivity index (χ1) is 12.1. The minimum Gasteiger partial charge on any atom is -0.450 e. The van der Waals surface area contributed by atoms with Crippen LogP contribution in [0.2, 0.25) is 0 Å². The Balaban J connectivity index is -0.0000000765. The highest BCUT2D eigenvalue weighted by molar-refractivity contribution is 5.53. The van der Waals surface area contributed by atoms with Gasteiger partial charge in [-0.15, -0.1) is 0 Å². The second kappa shape index (κ2) is 34.7. The largest absolute Gasteiger partial charge is 0.503 e. The van der Waals surface area contributed by atoms with Crippen molar-refractivity contribution in [2.75, 3.05) is 0 Å². The number of hydrogen-bond donors (Lipinski definition) is 6. The fourth-order valence-electron chi connectivity index (χ4n) is 1.51. The Morgan fingerprint density at radius 3 is 0.962 bits per heavy atom. The topological polar surface area (TPSA) is 156 Å². The van der Waals surface area contributed by atoms with Crippen LogP contribution in [0, 0.1) is 11.8 Å². The number of hydrogen-bond acceptors (Lipinski definition) is 4. The van der Waals surface area contributed by atoms with E-state index in [0.29, 0.717) is 0 Å². The molecule has 0 saturated heterocycles. The fraction of sp³-hybridized carbons (Fsp3) is 0.889. The molecule has 0 aromatic carbocycles. The predicted octanol–water partition coefficient (Wildman–Crippen LogP) is 6.91. The molecule has 0 heterocycles. The standard InChI is InChI=1S/2C8H18.2CH2O3.H2O2/c2*1-4-6-7-8(3)5-2;2*2-1(3)4;1-2/h2*8H,4-7H2,1-3H3;2*(H2,2,3,4);1-2H. The van der Waals surface area contributed by atoms with Gasteiger partial charge in [-0.25, -0.2) is 9.59 Å². The van der Waals surface area contributed by atoms with E-state index in [2.05, 4.69) is 41.5 Å². The van der Waals surface area contributed by atoms with E-state index >= 15 is 0 Å². The van der Waals surface area contributed by atoms with Gasteiger partial charge in [-0.2, -0.15) is 0 Å². The van der Waals surface area contributed by atoms with Crippen molar-refractivity contribution < 1.29 is 40.5 Å². The molecule has 6 N–H and O–H groups in total. The monoisotopic (exact) mass is 386 g/mol. The number of carboxylic acid groups (broad SMARTS) is 4. The number of carbonyl (C=O) groups is 2. The maximum absolute atomic E-state index is 8.56. The fourth-order valence-corrected chi connectivity index (χ4v) is 1.51. The lowest BCUT2D eigenvalue weighted by Crippen LogP contribution is -1.89. The highest BCUT2D eigenvalue weighted by Crippen LogP contribution is 2.10. The van der Waals surface area contributed by atoms with Crippen molar-refractivity contribution in [3.05, 3.63) is 0 Å². The third-order valence-electron chi connectivity index (χ3n) is 3.49. The Bertz CT molecular complexity index is 226. The van der Waals surface area contributed by atoms with Crippen LogP contribution in [0.5, 0.6) is 0 Å². The summed E-state index contributed by atoms with van der Waals surface area (Å²) in [7, 11) is 0. The van der Waals surface area contributed by atoms with Gasteiger partial charge in [-0.3, -0.25) is 10.5 Å².